The number of amides is 2. The molecule has 0 spiro atoms. The summed E-state index contributed by atoms with van der Waals surface area (Å²) < 4.78 is 0. The molecule has 156 valence electrons. The van der Waals surface area contributed by atoms with Crippen molar-refractivity contribution in [1.29, 1.82) is 0 Å². The fraction of sp³-hybridized carbons (Fsp3) is 0.417. The number of anilines is 1. The number of rotatable bonds is 7. The third kappa shape index (κ3) is 6.16. The highest BCUT2D eigenvalue weighted by Crippen LogP contribution is 2.25. The summed E-state index contributed by atoms with van der Waals surface area (Å²) in [6.07, 6.45) is 0. The molecule has 5 heteroatoms. The molecule has 29 heavy (non-hydrogen) atoms. The molecule has 2 amide bonds. The molecule has 0 aliphatic carbocycles. The Morgan fingerprint density at radius 1 is 0.931 bits per heavy atom. The van der Waals surface area contributed by atoms with Crippen LogP contribution in [0.4, 0.5) is 5.69 Å². The molecule has 0 unspecified atom stereocenters. The third-order valence-corrected chi connectivity index (χ3v) is 5.23. The maximum atomic E-state index is 12.7. The van der Waals surface area contributed by atoms with Gasteiger partial charge in [-0.2, -0.15) is 0 Å². The first kappa shape index (κ1) is 22.6. The quantitative estimate of drug-likeness (QED) is 0.670. The number of hydrogen-bond acceptors (Lipinski definition) is 2. The van der Waals surface area contributed by atoms with E-state index in [0.29, 0.717) is 17.2 Å². The fourth-order valence-corrected chi connectivity index (χ4v) is 3.30. The molecule has 0 bridgehead atoms. The van der Waals surface area contributed by atoms with E-state index in [4.69, 9.17) is 5.73 Å². The minimum absolute atomic E-state index is 0.0752. The summed E-state index contributed by atoms with van der Waals surface area (Å²) >= 11 is 0. The van der Waals surface area contributed by atoms with Gasteiger partial charge in [-0.1, -0.05) is 58.9 Å². The van der Waals surface area contributed by atoms with Crippen molar-refractivity contribution in [3.05, 3.63) is 65.2 Å². The highest BCUT2D eigenvalue weighted by Gasteiger charge is 2.26. The summed E-state index contributed by atoms with van der Waals surface area (Å²) in [5.41, 5.74) is 8.96. The van der Waals surface area contributed by atoms with Gasteiger partial charge in [-0.05, 0) is 42.2 Å². The Kier molecular flexibility index (Phi) is 7.20. The van der Waals surface area contributed by atoms with Crippen LogP contribution in [0.1, 0.15) is 69.1 Å². The highest BCUT2D eigenvalue weighted by atomic mass is 16.2. The van der Waals surface area contributed by atoms with E-state index < -0.39 is 5.91 Å². The number of primary amides is 1. The number of benzene rings is 2. The minimum atomic E-state index is -0.484. The lowest BCUT2D eigenvalue weighted by molar-refractivity contribution is -0.718. The van der Waals surface area contributed by atoms with Gasteiger partial charge in [-0.3, -0.25) is 9.59 Å². The molecule has 2 atom stereocenters. The molecule has 5 N–H and O–H groups in total. The number of nitrogens with two attached hydrogens (primary N) is 2. The molecule has 0 heterocycles. The first-order chi connectivity index (χ1) is 13.5. The Morgan fingerprint density at radius 2 is 1.48 bits per heavy atom. The molecule has 0 saturated carbocycles. The Bertz CT molecular complexity index is 834. The van der Waals surface area contributed by atoms with Crippen LogP contribution in [0.3, 0.4) is 0 Å². The van der Waals surface area contributed by atoms with Gasteiger partial charge in [-0.25, -0.2) is 0 Å². The Balaban J connectivity index is 2.07. The predicted octanol–water partition coefficient (Wildman–Crippen LogP) is 3.37. The molecule has 0 aliphatic heterocycles. The van der Waals surface area contributed by atoms with Crippen LogP contribution in [-0.4, -0.2) is 17.9 Å². The Hall–Kier alpha value is -2.66. The average Bonchev–Trinajstić information content (AvgIpc) is 2.65. The topological polar surface area (TPSA) is 88.8 Å². The van der Waals surface area contributed by atoms with E-state index in [0.717, 1.165) is 0 Å². The summed E-state index contributed by atoms with van der Waals surface area (Å²) in [6, 6.07) is 15.2. The van der Waals surface area contributed by atoms with Crippen LogP contribution >= 0.6 is 0 Å². The van der Waals surface area contributed by atoms with Crippen LogP contribution in [0.15, 0.2) is 48.5 Å². The van der Waals surface area contributed by atoms with Gasteiger partial charge < -0.3 is 16.4 Å². The van der Waals surface area contributed by atoms with Gasteiger partial charge in [0.15, 0.2) is 6.04 Å². The van der Waals surface area contributed by atoms with Crippen LogP contribution in [0, 0.1) is 5.92 Å². The monoisotopic (exact) mass is 396 g/mol. The van der Waals surface area contributed by atoms with E-state index in [2.05, 4.69) is 69.5 Å². The van der Waals surface area contributed by atoms with E-state index in [-0.39, 0.29) is 23.4 Å². The van der Waals surface area contributed by atoms with Gasteiger partial charge in [0.1, 0.15) is 6.04 Å². The molecule has 0 radical (unpaired) electrons. The molecule has 2 rings (SSSR count). The van der Waals surface area contributed by atoms with Crippen LogP contribution in [0.5, 0.6) is 0 Å². The third-order valence-electron chi connectivity index (χ3n) is 5.23. The lowest BCUT2D eigenvalue weighted by atomic mass is 9.85. The van der Waals surface area contributed by atoms with Gasteiger partial charge in [0, 0.05) is 22.7 Å². The zero-order chi connectivity index (χ0) is 21.8. The second-order valence-corrected chi connectivity index (χ2v) is 9.05. The summed E-state index contributed by atoms with van der Waals surface area (Å²) in [6.45, 7) is 12.9. The van der Waals surface area contributed by atoms with Crippen molar-refractivity contribution in [3.8, 4) is 0 Å². The maximum Gasteiger partial charge on any atom is 0.282 e. The minimum Gasteiger partial charge on any atom is -0.366 e. The van der Waals surface area contributed by atoms with Crippen LogP contribution in [-0.2, 0) is 10.2 Å². The SMILES string of the molecule is CC(C)[C@H]([NH2+][C@H](C)C(=O)Nc1ccc(C(N)=O)cc1)c1ccc(C(C)(C)C)cc1. The van der Waals surface area contributed by atoms with Crippen molar-refractivity contribution in [2.45, 2.75) is 59.0 Å². The molecule has 0 aromatic heterocycles. The average molecular weight is 397 g/mol. The van der Waals surface area contributed by atoms with Crippen LogP contribution in [0.25, 0.3) is 0 Å². The zero-order valence-electron chi connectivity index (χ0n) is 18.3. The first-order valence-electron chi connectivity index (χ1n) is 10.1. The zero-order valence-corrected chi connectivity index (χ0v) is 18.3. The lowest BCUT2D eigenvalue weighted by Gasteiger charge is -2.25. The second kappa shape index (κ2) is 9.23. The van der Waals surface area contributed by atoms with E-state index in [9.17, 15) is 9.59 Å². The molecular formula is C24H34N3O2+. The number of carbonyl (C=O) groups excluding carboxylic acids is 2. The van der Waals surface area contributed by atoms with Crippen molar-refractivity contribution in [2.75, 3.05) is 5.32 Å². The smallest absolute Gasteiger partial charge is 0.282 e. The summed E-state index contributed by atoms with van der Waals surface area (Å²) in [7, 11) is 0. The second-order valence-electron chi connectivity index (χ2n) is 9.05. The largest absolute Gasteiger partial charge is 0.366 e. The van der Waals surface area contributed by atoms with Gasteiger partial charge in [0.05, 0.1) is 0 Å². The molecule has 0 aliphatic rings. The van der Waals surface area contributed by atoms with E-state index in [1.54, 1.807) is 24.3 Å². The molecule has 2 aromatic carbocycles. The van der Waals surface area contributed by atoms with Crippen molar-refractivity contribution < 1.29 is 14.9 Å². The number of quaternary nitrogens is 1. The van der Waals surface area contributed by atoms with E-state index in [1.165, 1.54) is 11.1 Å². The number of carbonyl (C=O) groups is 2. The maximum absolute atomic E-state index is 12.7. The molecular weight excluding hydrogens is 362 g/mol. The van der Waals surface area contributed by atoms with Crippen molar-refractivity contribution >= 4 is 17.5 Å². The summed E-state index contributed by atoms with van der Waals surface area (Å²) in [4.78, 5) is 23.8. The van der Waals surface area contributed by atoms with E-state index >= 15 is 0 Å². The van der Waals surface area contributed by atoms with Crippen molar-refractivity contribution in [2.24, 2.45) is 11.7 Å². The van der Waals surface area contributed by atoms with Gasteiger partial charge in [-0.15, -0.1) is 0 Å². The van der Waals surface area contributed by atoms with Crippen LogP contribution < -0.4 is 16.4 Å². The number of nitrogens with one attached hydrogen (secondary N) is 1. The van der Waals surface area contributed by atoms with Crippen molar-refractivity contribution in [3.63, 3.8) is 0 Å². The van der Waals surface area contributed by atoms with E-state index in [1.807, 2.05) is 6.92 Å². The predicted molar refractivity (Wildman–Crippen MR) is 118 cm³/mol. The highest BCUT2D eigenvalue weighted by molar-refractivity contribution is 5.95. The molecule has 5 nitrogen and oxygen atoms in total. The molecule has 0 saturated heterocycles. The van der Waals surface area contributed by atoms with Crippen molar-refractivity contribution in [1.82, 2.24) is 0 Å². The van der Waals surface area contributed by atoms with Gasteiger partial charge in [0.25, 0.3) is 5.91 Å². The Labute approximate surface area is 174 Å². The number of hydrogen-bond donors (Lipinski definition) is 3. The standard InChI is InChI=1S/C24H33N3O2/c1-15(2)21(17-7-11-19(12-8-17)24(4,5)6)26-16(3)23(29)27-20-13-9-18(10-14-20)22(25)28/h7-16,21,26H,1-6H3,(H2,25,28)(H,27,29)/p+1/t16-,21+/m1/s1. The van der Waals surface area contributed by atoms with Gasteiger partial charge >= 0.3 is 0 Å². The lowest BCUT2D eigenvalue weighted by Crippen LogP contribution is -2.93. The summed E-state index contributed by atoms with van der Waals surface area (Å²) in [5.74, 6) is -0.184. The first-order valence-corrected chi connectivity index (χ1v) is 10.1. The summed E-state index contributed by atoms with van der Waals surface area (Å²) in [5, 5.41) is 5.03. The fourth-order valence-electron chi connectivity index (χ4n) is 3.30. The molecule has 2 aromatic rings. The van der Waals surface area contributed by atoms with Gasteiger partial charge in [0.2, 0.25) is 5.91 Å². The Morgan fingerprint density at radius 3 is 1.93 bits per heavy atom. The normalized spacial score (nSPS) is 13.8. The molecule has 0 fully saturated rings. The van der Waals surface area contributed by atoms with Crippen LogP contribution in [0.2, 0.25) is 0 Å².